The third-order valence-corrected chi connectivity index (χ3v) is 3.18. The summed E-state index contributed by atoms with van der Waals surface area (Å²) in [5.74, 6) is -1.35. The number of hydrogen-bond donors (Lipinski definition) is 1. The van der Waals surface area contributed by atoms with E-state index in [2.05, 4.69) is 0 Å². The molecule has 2 aromatic rings. The SMILES string of the molecule is O=C(O)COc1ccc(C(=O)/C=C/c2ccccc2C(F)(F)F)cc1. The Hall–Kier alpha value is -3.09. The minimum absolute atomic E-state index is 0.107. The van der Waals surface area contributed by atoms with Gasteiger partial charge in [0.05, 0.1) is 5.56 Å². The van der Waals surface area contributed by atoms with Crippen LogP contribution in [0.15, 0.2) is 54.6 Å². The zero-order chi connectivity index (χ0) is 18.4. The van der Waals surface area contributed by atoms with Crippen molar-refractivity contribution in [2.75, 3.05) is 6.61 Å². The number of benzene rings is 2. The number of carboxylic acids is 1. The molecule has 7 heteroatoms. The molecule has 0 spiro atoms. The highest BCUT2D eigenvalue weighted by Gasteiger charge is 2.32. The number of carboxylic acid groups (broad SMARTS) is 1. The van der Waals surface area contributed by atoms with E-state index in [4.69, 9.17) is 9.84 Å². The molecule has 2 aromatic carbocycles. The molecule has 0 atom stereocenters. The van der Waals surface area contributed by atoms with Crippen LogP contribution in [0.25, 0.3) is 6.08 Å². The first-order valence-electron chi connectivity index (χ1n) is 7.10. The number of alkyl halides is 3. The van der Waals surface area contributed by atoms with Gasteiger partial charge in [0.25, 0.3) is 0 Å². The highest BCUT2D eigenvalue weighted by atomic mass is 19.4. The van der Waals surface area contributed by atoms with E-state index in [0.29, 0.717) is 0 Å². The Morgan fingerprint density at radius 3 is 2.28 bits per heavy atom. The zero-order valence-corrected chi connectivity index (χ0v) is 12.8. The average Bonchev–Trinajstić information content (AvgIpc) is 2.57. The van der Waals surface area contributed by atoms with Crippen molar-refractivity contribution in [1.29, 1.82) is 0 Å². The number of ketones is 1. The van der Waals surface area contributed by atoms with Crippen molar-refractivity contribution in [3.8, 4) is 5.75 Å². The maximum absolute atomic E-state index is 12.9. The van der Waals surface area contributed by atoms with E-state index < -0.39 is 30.1 Å². The summed E-state index contributed by atoms with van der Waals surface area (Å²) >= 11 is 0. The molecular formula is C18H13F3O4. The lowest BCUT2D eigenvalue weighted by Gasteiger charge is -2.09. The second-order valence-corrected chi connectivity index (χ2v) is 4.99. The topological polar surface area (TPSA) is 63.6 Å². The van der Waals surface area contributed by atoms with E-state index in [1.807, 2.05) is 0 Å². The van der Waals surface area contributed by atoms with Gasteiger partial charge in [-0.25, -0.2) is 4.79 Å². The van der Waals surface area contributed by atoms with E-state index in [1.165, 1.54) is 42.5 Å². The molecule has 25 heavy (non-hydrogen) atoms. The van der Waals surface area contributed by atoms with Gasteiger partial charge in [-0.1, -0.05) is 24.3 Å². The summed E-state index contributed by atoms with van der Waals surface area (Å²) in [6, 6.07) is 10.6. The van der Waals surface area contributed by atoms with Crippen LogP contribution in [0.5, 0.6) is 5.75 Å². The van der Waals surface area contributed by atoms with Crippen molar-refractivity contribution in [1.82, 2.24) is 0 Å². The van der Waals surface area contributed by atoms with Gasteiger partial charge in [-0.05, 0) is 42.0 Å². The number of allylic oxidation sites excluding steroid dienone is 1. The fourth-order valence-electron chi connectivity index (χ4n) is 2.02. The van der Waals surface area contributed by atoms with Crippen LogP contribution in [-0.4, -0.2) is 23.5 Å². The van der Waals surface area contributed by atoms with Gasteiger partial charge in [0, 0.05) is 5.56 Å². The number of hydrogen-bond acceptors (Lipinski definition) is 3. The minimum Gasteiger partial charge on any atom is -0.482 e. The second-order valence-electron chi connectivity index (χ2n) is 4.99. The number of halogens is 3. The molecule has 4 nitrogen and oxygen atoms in total. The standard InChI is InChI=1S/C18H13F3O4/c19-18(20,21)15-4-2-1-3-12(15)7-10-16(22)13-5-8-14(9-6-13)25-11-17(23)24/h1-10H,11H2,(H,23,24)/b10-7+. The quantitative estimate of drug-likeness (QED) is 0.630. The molecule has 0 saturated heterocycles. The molecule has 0 amide bonds. The van der Waals surface area contributed by atoms with Gasteiger partial charge in [0.1, 0.15) is 5.75 Å². The van der Waals surface area contributed by atoms with E-state index in [-0.39, 0.29) is 16.9 Å². The summed E-state index contributed by atoms with van der Waals surface area (Å²) in [6.45, 7) is -0.512. The lowest BCUT2D eigenvalue weighted by atomic mass is 10.0. The molecule has 0 aromatic heterocycles. The number of carbonyl (C=O) groups is 2. The van der Waals surface area contributed by atoms with Crippen LogP contribution >= 0.6 is 0 Å². The molecule has 0 heterocycles. The summed E-state index contributed by atoms with van der Waals surface area (Å²) < 4.78 is 43.6. The summed E-state index contributed by atoms with van der Waals surface area (Å²) in [6.07, 6.45) is -2.34. The lowest BCUT2D eigenvalue weighted by Crippen LogP contribution is -2.09. The van der Waals surface area contributed by atoms with Crippen molar-refractivity contribution in [2.24, 2.45) is 0 Å². The summed E-state index contributed by atoms with van der Waals surface area (Å²) in [5, 5.41) is 8.51. The zero-order valence-electron chi connectivity index (χ0n) is 12.8. The van der Waals surface area contributed by atoms with Crippen LogP contribution < -0.4 is 4.74 Å². The largest absolute Gasteiger partial charge is 0.482 e. The van der Waals surface area contributed by atoms with Crippen molar-refractivity contribution >= 4 is 17.8 Å². The molecule has 0 bridgehead atoms. The molecule has 0 aliphatic rings. The first-order valence-corrected chi connectivity index (χ1v) is 7.10. The molecule has 0 aliphatic heterocycles. The van der Waals surface area contributed by atoms with Crippen molar-refractivity contribution < 1.29 is 32.6 Å². The van der Waals surface area contributed by atoms with Gasteiger partial charge < -0.3 is 9.84 Å². The van der Waals surface area contributed by atoms with Crippen LogP contribution in [0.2, 0.25) is 0 Å². The fourth-order valence-corrected chi connectivity index (χ4v) is 2.02. The van der Waals surface area contributed by atoms with E-state index >= 15 is 0 Å². The van der Waals surface area contributed by atoms with Gasteiger partial charge in [0.2, 0.25) is 0 Å². The van der Waals surface area contributed by atoms with Crippen LogP contribution in [0.3, 0.4) is 0 Å². The molecule has 2 rings (SSSR count). The normalized spacial score (nSPS) is 11.5. The second kappa shape index (κ2) is 7.65. The Balaban J connectivity index is 2.12. The highest BCUT2D eigenvalue weighted by Crippen LogP contribution is 2.32. The molecule has 0 unspecified atom stereocenters. The summed E-state index contributed by atoms with van der Waals surface area (Å²) in [5.41, 5.74) is -0.690. The number of carbonyl (C=O) groups excluding carboxylic acids is 1. The van der Waals surface area contributed by atoms with Gasteiger partial charge >= 0.3 is 12.1 Å². The summed E-state index contributed by atoms with van der Waals surface area (Å²) in [7, 11) is 0. The first-order chi connectivity index (χ1) is 11.8. The predicted octanol–water partition coefficient (Wildman–Crippen LogP) is 4.06. The molecule has 1 N–H and O–H groups in total. The monoisotopic (exact) mass is 350 g/mol. The third-order valence-electron chi connectivity index (χ3n) is 3.18. The van der Waals surface area contributed by atoms with E-state index in [0.717, 1.165) is 18.2 Å². The van der Waals surface area contributed by atoms with Crippen LogP contribution in [0, 0.1) is 0 Å². The van der Waals surface area contributed by atoms with Gasteiger partial charge in [-0.3, -0.25) is 4.79 Å². The Kier molecular flexibility index (Phi) is 5.59. The number of rotatable bonds is 6. The Morgan fingerprint density at radius 1 is 1.04 bits per heavy atom. The Labute approximate surface area is 141 Å². The minimum atomic E-state index is -4.51. The van der Waals surface area contributed by atoms with Crippen LogP contribution in [0.1, 0.15) is 21.5 Å². The van der Waals surface area contributed by atoms with Crippen molar-refractivity contribution in [2.45, 2.75) is 6.18 Å². The number of ether oxygens (including phenoxy) is 1. The molecule has 0 radical (unpaired) electrons. The van der Waals surface area contributed by atoms with Gasteiger partial charge in [0.15, 0.2) is 12.4 Å². The maximum Gasteiger partial charge on any atom is 0.416 e. The van der Waals surface area contributed by atoms with Crippen LogP contribution in [-0.2, 0) is 11.0 Å². The predicted molar refractivity (Wildman–Crippen MR) is 84.4 cm³/mol. The number of aliphatic carboxylic acids is 1. The van der Waals surface area contributed by atoms with Crippen LogP contribution in [0.4, 0.5) is 13.2 Å². The smallest absolute Gasteiger partial charge is 0.416 e. The van der Waals surface area contributed by atoms with E-state index in [1.54, 1.807) is 0 Å². The van der Waals surface area contributed by atoms with Gasteiger partial charge in [-0.15, -0.1) is 0 Å². The molecule has 0 fully saturated rings. The van der Waals surface area contributed by atoms with Crippen molar-refractivity contribution in [3.05, 3.63) is 71.3 Å². The first kappa shape index (κ1) is 18.3. The summed E-state index contributed by atoms with van der Waals surface area (Å²) in [4.78, 5) is 22.5. The van der Waals surface area contributed by atoms with Gasteiger partial charge in [-0.2, -0.15) is 13.2 Å². The Morgan fingerprint density at radius 2 is 1.68 bits per heavy atom. The fraction of sp³-hybridized carbons (Fsp3) is 0.111. The highest BCUT2D eigenvalue weighted by molar-refractivity contribution is 6.06. The molecule has 0 saturated carbocycles. The van der Waals surface area contributed by atoms with E-state index in [9.17, 15) is 22.8 Å². The average molecular weight is 350 g/mol. The third kappa shape index (κ3) is 5.20. The maximum atomic E-state index is 12.9. The lowest BCUT2D eigenvalue weighted by molar-refractivity contribution is -0.139. The molecule has 0 aliphatic carbocycles. The Bertz CT molecular complexity index is 793. The molecular weight excluding hydrogens is 337 g/mol. The molecule has 130 valence electrons. The van der Waals surface area contributed by atoms with Crippen molar-refractivity contribution in [3.63, 3.8) is 0 Å².